The van der Waals surface area contributed by atoms with E-state index in [2.05, 4.69) is 12.2 Å². The summed E-state index contributed by atoms with van der Waals surface area (Å²) in [4.78, 5) is 23.6. The molecular formula is C20H33NO4. The van der Waals surface area contributed by atoms with E-state index in [4.69, 9.17) is 4.74 Å². The number of unbranched alkanes of at least 4 members (excludes halogenated alkanes) is 2. The van der Waals surface area contributed by atoms with Crippen molar-refractivity contribution < 1.29 is 19.4 Å². The quantitative estimate of drug-likeness (QED) is 0.442. The molecule has 0 radical (unpaired) electrons. The van der Waals surface area contributed by atoms with Crippen LogP contribution in [0, 0.1) is 0 Å². The van der Waals surface area contributed by atoms with Gasteiger partial charge in [-0.2, -0.15) is 0 Å². The number of carboxylic acids is 1. The number of carbonyl (C=O) groups excluding carboxylic acids is 1. The SMILES string of the molecule is C.CCCCC[C@H](NC(CCc1ccccc1)C(=O)OCC)C(=O)O. The van der Waals surface area contributed by atoms with Crippen LogP contribution in [0.1, 0.15) is 58.9 Å². The van der Waals surface area contributed by atoms with Crippen LogP contribution in [0.5, 0.6) is 0 Å². The molecule has 2 N–H and O–H groups in total. The van der Waals surface area contributed by atoms with E-state index in [0.29, 0.717) is 19.3 Å². The second kappa shape index (κ2) is 13.4. The highest BCUT2D eigenvalue weighted by Crippen LogP contribution is 2.10. The van der Waals surface area contributed by atoms with Crippen molar-refractivity contribution in [2.45, 2.75) is 71.9 Å². The summed E-state index contributed by atoms with van der Waals surface area (Å²) in [6.07, 6.45) is 4.57. The topological polar surface area (TPSA) is 75.6 Å². The molecule has 5 heteroatoms. The Labute approximate surface area is 151 Å². The molecule has 1 unspecified atom stereocenters. The standard InChI is InChI=1S/C19H29NO4.CH4/c1-3-5-7-12-16(18(21)22)20-17(19(23)24-4-2)14-13-15-10-8-6-9-11-15;/h6,8-11,16-17,20H,3-5,7,12-14H2,1-2H3,(H,21,22);1H4/t16-,17?;/m0./s1. The van der Waals surface area contributed by atoms with Gasteiger partial charge in [-0.05, 0) is 31.7 Å². The number of esters is 1. The Morgan fingerprint density at radius 3 is 2.32 bits per heavy atom. The minimum atomic E-state index is -0.917. The molecule has 142 valence electrons. The Morgan fingerprint density at radius 2 is 1.76 bits per heavy atom. The Kier molecular flexibility index (Phi) is 12.4. The summed E-state index contributed by atoms with van der Waals surface area (Å²) in [5.41, 5.74) is 1.12. The van der Waals surface area contributed by atoms with Crippen LogP contribution < -0.4 is 5.32 Å². The van der Waals surface area contributed by atoms with Gasteiger partial charge in [0.15, 0.2) is 0 Å². The summed E-state index contributed by atoms with van der Waals surface area (Å²) in [6, 6.07) is 8.52. The molecule has 0 aliphatic carbocycles. The van der Waals surface area contributed by atoms with E-state index in [1.165, 1.54) is 0 Å². The third-order valence-electron chi connectivity index (χ3n) is 3.93. The van der Waals surface area contributed by atoms with E-state index in [0.717, 1.165) is 24.8 Å². The number of ether oxygens (including phenoxy) is 1. The normalized spacial score (nSPS) is 12.7. The molecule has 0 heterocycles. The van der Waals surface area contributed by atoms with Crippen molar-refractivity contribution in [2.24, 2.45) is 0 Å². The first-order valence-corrected chi connectivity index (χ1v) is 8.77. The molecule has 1 aromatic carbocycles. The Morgan fingerprint density at radius 1 is 1.08 bits per heavy atom. The van der Waals surface area contributed by atoms with Gasteiger partial charge in [-0.3, -0.25) is 14.9 Å². The van der Waals surface area contributed by atoms with Crippen LogP contribution in [0.2, 0.25) is 0 Å². The number of hydrogen-bond donors (Lipinski definition) is 2. The van der Waals surface area contributed by atoms with E-state index in [9.17, 15) is 14.7 Å². The van der Waals surface area contributed by atoms with E-state index in [-0.39, 0.29) is 20.0 Å². The summed E-state index contributed by atoms with van der Waals surface area (Å²) < 4.78 is 5.10. The van der Waals surface area contributed by atoms with Crippen molar-refractivity contribution in [3.8, 4) is 0 Å². The molecule has 0 amide bonds. The zero-order valence-electron chi connectivity index (χ0n) is 14.7. The number of hydrogen-bond acceptors (Lipinski definition) is 4. The molecule has 25 heavy (non-hydrogen) atoms. The van der Waals surface area contributed by atoms with Gasteiger partial charge in [-0.1, -0.05) is 63.9 Å². The molecule has 0 aromatic heterocycles. The van der Waals surface area contributed by atoms with Crippen molar-refractivity contribution in [3.05, 3.63) is 35.9 Å². The molecular weight excluding hydrogens is 318 g/mol. The maximum atomic E-state index is 12.2. The van der Waals surface area contributed by atoms with Crippen molar-refractivity contribution in [3.63, 3.8) is 0 Å². The maximum absolute atomic E-state index is 12.2. The number of rotatable bonds is 12. The van der Waals surface area contributed by atoms with E-state index in [1.807, 2.05) is 30.3 Å². The van der Waals surface area contributed by atoms with Gasteiger partial charge in [0, 0.05) is 0 Å². The smallest absolute Gasteiger partial charge is 0.323 e. The van der Waals surface area contributed by atoms with Gasteiger partial charge in [-0.25, -0.2) is 0 Å². The fraction of sp³-hybridized carbons (Fsp3) is 0.600. The Balaban J connectivity index is 0.00000576. The van der Waals surface area contributed by atoms with Gasteiger partial charge < -0.3 is 9.84 Å². The summed E-state index contributed by atoms with van der Waals surface area (Å²) in [7, 11) is 0. The fourth-order valence-electron chi connectivity index (χ4n) is 2.59. The predicted octanol–water partition coefficient (Wildman–Crippen LogP) is 3.81. The molecule has 0 bridgehead atoms. The zero-order valence-corrected chi connectivity index (χ0v) is 14.7. The monoisotopic (exact) mass is 351 g/mol. The minimum Gasteiger partial charge on any atom is -0.480 e. The van der Waals surface area contributed by atoms with E-state index >= 15 is 0 Å². The second-order valence-corrected chi connectivity index (χ2v) is 5.88. The number of benzene rings is 1. The average molecular weight is 351 g/mol. The van der Waals surface area contributed by atoms with Crippen LogP contribution >= 0.6 is 0 Å². The highest BCUT2D eigenvalue weighted by Gasteiger charge is 2.26. The van der Waals surface area contributed by atoms with Crippen molar-refractivity contribution >= 4 is 11.9 Å². The molecule has 0 fully saturated rings. The highest BCUT2D eigenvalue weighted by molar-refractivity contribution is 5.78. The zero-order chi connectivity index (χ0) is 17.8. The third-order valence-corrected chi connectivity index (χ3v) is 3.93. The number of nitrogens with one attached hydrogen (secondary N) is 1. The van der Waals surface area contributed by atoms with E-state index in [1.54, 1.807) is 6.92 Å². The van der Waals surface area contributed by atoms with Crippen LogP contribution in [0.15, 0.2) is 30.3 Å². The largest absolute Gasteiger partial charge is 0.480 e. The number of carbonyl (C=O) groups is 2. The highest BCUT2D eigenvalue weighted by atomic mass is 16.5. The first kappa shape index (κ1) is 23.1. The Hall–Kier alpha value is -1.88. The summed E-state index contributed by atoms with van der Waals surface area (Å²) in [6.45, 7) is 4.11. The van der Waals surface area contributed by atoms with Gasteiger partial charge in [0.2, 0.25) is 0 Å². The van der Waals surface area contributed by atoms with Crippen molar-refractivity contribution in [1.29, 1.82) is 0 Å². The lowest BCUT2D eigenvalue weighted by molar-refractivity contribution is -0.147. The summed E-state index contributed by atoms with van der Waals surface area (Å²) >= 11 is 0. The molecule has 0 spiro atoms. The van der Waals surface area contributed by atoms with Crippen molar-refractivity contribution in [1.82, 2.24) is 5.32 Å². The second-order valence-electron chi connectivity index (χ2n) is 5.88. The lowest BCUT2D eigenvalue weighted by Crippen LogP contribution is -2.48. The third kappa shape index (κ3) is 9.25. The van der Waals surface area contributed by atoms with Gasteiger partial charge in [0.05, 0.1) is 6.61 Å². The summed E-state index contributed by atoms with van der Waals surface area (Å²) in [5.74, 6) is -1.30. The molecule has 2 atom stereocenters. The molecule has 1 aromatic rings. The average Bonchev–Trinajstić information content (AvgIpc) is 2.58. The van der Waals surface area contributed by atoms with Crippen LogP contribution in [0.25, 0.3) is 0 Å². The molecule has 1 rings (SSSR count). The van der Waals surface area contributed by atoms with Crippen LogP contribution in [-0.2, 0) is 20.7 Å². The van der Waals surface area contributed by atoms with E-state index < -0.39 is 18.1 Å². The van der Waals surface area contributed by atoms with Crippen LogP contribution in [0.3, 0.4) is 0 Å². The van der Waals surface area contributed by atoms with Crippen LogP contribution in [-0.4, -0.2) is 35.7 Å². The Bertz CT molecular complexity index is 490. The fourth-order valence-corrected chi connectivity index (χ4v) is 2.59. The molecule has 0 aliphatic heterocycles. The molecule has 0 aliphatic rings. The first-order valence-electron chi connectivity index (χ1n) is 8.77. The number of aliphatic carboxylic acids is 1. The molecule has 0 saturated carbocycles. The first-order chi connectivity index (χ1) is 11.6. The van der Waals surface area contributed by atoms with Crippen LogP contribution in [0.4, 0.5) is 0 Å². The lowest BCUT2D eigenvalue weighted by atomic mass is 10.0. The lowest BCUT2D eigenvalue weighted by Gasteiger charge is -2.22. The number of aryl methyl sites for hydroxylation is 1. The molecule has 5 nitrogen and oxygen atoms in total. The molecule has 0 saturated heterocycles. The maximum Gasteiger partial charge on any atom is 0.323 e. The van der Waals surface area contributed by atoms with Gasteiger partial charge in [0.25, 0.3) is 0 Å². The summed E-state index contributed by atoms with van der Waals surface area (Å²) in [5, 5.41) is 12.4. The minimum absolute atomic E-state index is 0. The van der Waals surface area contributed by atoms with Gasteiger partial charge >= 0.3 is 11.9 Å². The van der Waals surface area contributed by atoms with Crippen molar-refractivity contribution in [2.75, 3.05) is 6.61 Å². The predicted molar refractivity (Wildman–Crippen MR) is 101 cm³/mol. The number of carboxylic acid groups (broad SMARTS) is 1. The van der Waals surface area contributed by atoms with Gasteiger partial charge in [0.1, 0.15) is 12.1 Å². The van der Waals surface area contributed by atoms with Gasteiger partial charge in [-0.15, -0.1) is 0 Å².